The Labute approximate surface area is 90.3 Å². The van der Waals surface area contributed by atoms with E-state index in [-0.39, 0.29) is 0 Å². The lowest BCUT2D eigenvalue weighted by molar-refractivity contribution is 0.474. The van der Waals surface area contributed by atoms with Gasteiger partial charge in [-0.2, -0.15) is 0 Å². The van der Waals surface area contributed by atoms with Crippen LogP contribution in [-0.4, -0.2) is 18.2 Å². The zero-order chi connectivity index (χ0) is 10.7. The van der Waals surface area contributed by atoms with Gasteiger partial charge in [0.2, 0.25) is 0 Å². The van der Waals surface area contributed by atoms with Crippen LogP contribution in [0, 0.1) is 0 Å². The minimum atomic E-state index is 0.372. The van der Waals surface area contributed by atoms with Crippen molar-refractivity contribution in [1.29, 1.82) is 0 Å². The topological polar surface area (TPSA) is 58.3 Å². The van der Waals surface area contributed by atoms with Gasteiger partial charge in [-0.3, -0.25) is 0 Å². The normalized spacial score (nSPS) is 19.1. The molecule has 0 bridgehead atoms. The number of phenolic OH excluding ortho intramolecular Hbond substituents is 1. The molecule has 0 saturated heterocycles. The van der Waals surface area contributed by atoms with Gasteiger partial charge in [-0.1, -0.05) is 6.07 Å². The number of fused-ring (bicyclic) bond motifs is 1. The summed E-state index contributed by atoms with van der Waals surface area (Å²) in [5, 5.41) is 12.9. The molecule has 0 spiro atoms. The minimum absolute atomic E-state index is 0.372. The third kappa shape index (κ3) is 2.30. The van der Waals surface area contributed by atoms with Crippen LogP contribution in [0.3, 0.4) is 0 Å². The summed E-state index contributed by atoms with van der Waals surface area (Å²) >= 11 is 0. The van der Waals surface area contributed by atoms with E-state index in [1.165, 1.54) is 11.1 Å². The van der Waals surface area contributed by atoms with Gasteiger partial charge in [0.15, 0.2) is 0 Å². The van der Waals surface area contributed by atoms with Gasteiger partial charge in [-0.05, 0) is 55.6 Å². The van der Waals surface area contributed by atoms with Crippen LogP contribution in [0.25, 0.3) is 0 Å². The molecule has 1 aliphatic carbocycles. The second kappa shape index (κ2) is 4.64. The molecule has 1 unspecified atom stereocenters. The molecule has 0 fully saturated rings. The predicted molar refractivity (Wildman–Crippen MR) is 60.8 cm³/mol. The van der Waals surface area contributed by atoms with Gasteiger partial charge < -0.3 is 16.2 Å². The second-order valence-electron chi connectivity index (χ2n) is 4.07. The zero-order valence-electron chi connectivity index (χ0n) is 8.87. The predicted octanol–water partition coefficient (Wildman–Crippen LogP) is 1.32. The molecule has 1 aromatic rings. The van der Waals surface area contributed by atoms with Crippen molar-refractivity contribution in [2.24, 2.45) is 5.73 Å². The molecular formula is C12H18N2O. The summed E-state index contributed by atoms with van der Waals surface area (Å²) in [4.78, 5) is 0. The Hall–Kier alpha value is -1.06. The second-order valence-corrected chi connectivity index (χ2v) is 4.07. The lowest BCUT2D eigenvalue weighted by Crippen LogP contribution is -2.22. The number of hydrogen-bond acceptors (Lipinski definition) is 3. The summed E-state index contributed by atoms with van der Waals surface area (Å²) < 4.78 is 0. The van der Waals surface area contributed by atoms with Gasteiger partial charge in [0.05, 0.1) is 0 Å². The highest BCUT2D eigenvalue weighted by Gasteiger charge is 2.21. The average molecular weight is 206 g/mol. The number of nitrogens with two attached hydrogens (primary N) is 1. The highest BCUT2D eigenvalue weighted by Crippen LogP contribution is 2.32. The Morgan fingerprint density at radius 3 is 3.13 bits per heavy atom. The van der Waals surface area contributed by atoms with Gasteiger partial charge in [0, 0.05) is 6.04 Å². The van der Waals surface area contributed by atoms with Crippen molar-refractivity contribution >= 4 is 0 Å². The van der Waals surface area contributed by atoms with E-state index < -0.39 is 0 Å². The smallest absolute Gasteiger partial charge is 0.115 e. The first-order valence-electron chi connectivity index (χ1n) is 5.56. The maximum atomic E-state index is 9.36. The number of nitrogens with one attached hydrogen (secondary N) is 1. The van der Waals surface area contributed by atoms with Crippen molar-refractivity contribution in [2.45, 2.75) is 25.3 Å². The van der Waals surface area contributed by atoms with Crippen LogP contribution in [0.2, 0.25) is 0 Å². The molecule has 0 aromatic heterocycles. The van der Waals surface area contributed by atoms with Gasteiger partial charge in [-0.15, -0.1) is 0 Å². The fourth-order valence-corrected chi connectivity index (χ4v) is 2.19. The highest BCUT2D eigenvalue weighted by molar-refractivity contribution is 5.39. The highest BCUT2D eigenvalue weighted by atomic mass is 16.3. The van der Waals surface area contributed by atoms with Crippen molar-refractivity contribution in [1.82, 2.24) is 5.32 Å². The fraction of sp³-hybridized carbons (Fsp3) is 0.500. The third-order valence-electron chi connectivity index (χ3n) is 2.98. The number of benzene rings is 1. The van der Waals surface area contributed by atoms with Crippen LogP contribution in [0.1, 0.15) is 30.0 Å². The largest absolute Gasteiger partial charge is 0.508 e. The van der Waals surface area contributed by atoms with Crippen molar-refractivity contribution in [3.63, 3.8) is 0 Å². The lowest BCUT2D eigenvalue weighted by atomic mass is 10.1. The number of phenols is 1. The molecule has 3 heteroatoms. The van der Waals surface area contributed by atoms with Crippen LogP contribution in [0.4, 0.5) is 0 Å². The Morgan fingerprint density at radius 1 is 1.47 bits per heavy atom. The molecule has 1 atom stereocenters. The minimum Gasteiger partial charge on any atom is -0.508 e. The van der Waals surface area contributed by atoms with Crippen LogP contribution in [0.15, 0.2) is 18.2 Å². The lowest BCUT2D eigenvalue weighted by Gasteiger charge is -2.13. The first kappa shape index (κ1) is 10.5. The monoisotopic (exact) mass is 206 g/mol. The molecule has 0 saturated carbocycles. The van der Waals surface area contributed by atoms with Crippen molar-refractivity contribution in [2.75, 3.05) is 13.1 Å². The quantitative estimate of drug-likeness (QED) is 0.651. The molecule has 15 heavy (non-hydrogen) atoms. The van der Waals surface area contributed by atoms with Crippen molar-refractivity contribution in [3.05, 3.63) is 29.3 Å². The molecule has 0 radical (unpaired) electrons. The van der Waals surface area contributed by atoms with Crippen molar-refractivity contribution < 1.29 is 5.11 Å². The van der Waals surface area contributed by atoms with Crippen LogP contribution in [0.5, 0.6) is 5.75 Å². The molecule has 82 valence electrons. The average Bonchev–Trinajstić information content (AvgIpc) is 2.61. The van der Waals surface area contributed by atoms with Gasteiger partial charge in [0.1, 0.15) is 5.75 Å². The van der Waals surface area contributed by atoms with E-state index in [0.717, 1.165) is 32.4 Å². The van der Waals surface area contributed by atoms with E-state index >= 15 is 0 Å². The molecule has 0 amide bonds. The van der Waals surface area contributed by atoms with E-state index in [1.54, 1.807) is 6.07 Å². The zero-order valence-corrected chi connectivity index (χ0v) is 8.87. The summed E-state index contributed by atoms with van der Waals surface area (Å²) in [5.74, 6) is 0.372. The van der Waals surface area contributed by atoms with E-state index in [1.807, 2.05) is 12.1 Å². The van der Waals surface area contributed by atoms with Crippen molar-refractivity contribution in [3.8, 4) is 5.75 Å². The summed E-state index contributed by atoms with van der Waals surface area (Å²) in [6.07, 6.45) is 3.21. The van der Waals surface area contributed by atoms with E-state index in [0.29, 0.717) is 11.8 Å². The maximum absolute atomic E-state index is 9.36. The first-order valence-corrected chi connectivity index (χ1v) is 5.56. The summed E-state index contributed by atoms with van der Waals surface area (Å²) in [5.41, 5.74) is 8.07. The number of aromatic hydroxyl groups is 1. The standard InChI is InChI=1S/C12H18N2O/c13-6-1-7-14-12-5-2-9-8-10(15)3-4-11(9)12/h3-4,8,12,14-15H,1-2,5-7,13H2. The number of aryl methyl sites for hydroxylation is 1. The van der Waals surface area contributed by atoms with E-state index in [9.17, 15) is 5.11 Å². The Morgan fingerprint density at radius 2 is 2.33 bits per heavy atom. The van der Waals surface area contributed by atoms with Gasteiger partial charge in [0.25, 0.3) is 0 Å². The SMILES string of the molecule is NCCCNC1CCc2cc(O)ccc21. The number of hydrogen-bond donors (Lipinski definition) is 3. The van der Waals surface area contributed by atoms with Crippen LogP contribution >= 0.6 is 0 Å². The molecule has 1 aliphatic rings. The first-order chi connectivity index (χ1) is 7.31. The molecule has 2 rings (SSSR count). The molecular weight excluding hydrogens is 188 g/mol. The Kier molecular flexibility index (Phi) is 3.23. The van der Waals surface area contributed by atoms with Crippen LogP contribution < -0.4 is 11.1 Å². The number of rotatable bonds is 4. The Balaban J connectivity index is 2.02. The summed E-state index contributed by atoms with van der Waals surface area (Å²) in [7, 11) is 0. The van der Waals surface area contributed by atoms with E-state index in [4.69, 9.17) is 5.73 Å². The molecule has 1 aromatic carbocycles. The molecule has 4 N–H and O–H groups in total. The molecule has 3 nitrogen and oxygen atoms in total. The molecule has 0 aliphatic heterocycles. The summed E-state index contributed by atoms with van der Waals surface area (Å²) in [6.45, 7) is 1.71. The molecule has 0 heterocycles. The van der Waals surface area contributed by atoms with Gasteiger partial charge >= 0.3 is 0 Å². The van der Waals surface area contributed by atoms with Crippen LogP contribution in [-0.2, 0) is 6.42 Å². The van der Waals surface area contributed by atoms with E-state index in [2.05, 4.69) is 5.32 Å². The summed E-state index contributed by atoms with van der Waals surface area (Å²) in [6, 6.07) is 6.12. The Bertz CT molecular complexity index is 338. The maximum Gasteiger partial charge on any atom is 0.115 e. The van der Waals surface area contributed by atoms with Gasteiger partial charge in [-0.25, -0.2) is 0 Å². The fourth-order valence-electron chi connectivity index (χ4n) is 2.19. The third-order valence-corrected chi connectivity index (χ3v) is 2.98.